The van der Waals surface area contributed by atoms with Crippen molar-refractivity contribution in [2.45, 2.75) is 44.4 Å². The first kappa shape index (κ1) is 24.5. The number of thiophene rings is 1. The number of fused-ring (bicyclic) bond motifs is 1. The average Bonchev–Trinajstić information content (AvgIpc) is 3.58. The van der Waals surface area contributed by atoms with E-state index >= 15 is 0 Å². The number of rotatable bonds is 6. The number of anilines is 1. The van der Waals surface area contributed by atoms with Gasteiger partial charge in [0.15, 0.2) is 0 Å². The van der Waals surface area contributed by atoms with Crippen LogP contribution in [0.4, 0.5) is 5.69 Å². The van der Waals surface area contributed by atoms with E-state index in [1.165, 1.54) is 33.4 Å². The smallest absolute Gasteiger partial charge is 0.273 e. The van der Waals surface area contributed by atoms with Crippen molar-refractivity contribution in [3.63, 3.8) is 0 Å². The minimum Gasteiger partial charge on any atom is -0.351 e. The van der Waals surface area contributed by atoms with Gasteiger partial charge in [-0.05, 0) is 60.8 Å². The van der Waals surface area contributed by atoms with Crippen molar-refractivity contribution in [3.05, 3.63) is 52.9 Å². The number of piperidine rings is 1. The molecule has 0 radical (unpaired) electrons. The molecule has 3 aromatic heterocycles. The third-order valence-corrected chi connectivity index (χ3v) is 11.2. The van der Waals surface area contributed by atoms with Crippen molar-refractivity contribution in [2.24, 2.45) is 11.3 Å². The molecule has 5 rings (SSSR count). The summed E-state index contributed by atoms with van der Waals surface area (Å²) in [6.07, 6.45) is 4.49. The third kappa shape index (κ3) is 4.91. The molecule has 1 saturated heterocycles. The van der Waals surface area contributed by atoms with Crippen LogP contribution in [0.2, 0.25) is 0 Å². The van der Waals surface area contributed by atoms with Gasteiger partial charge in [-0.15, -0.1) is 22.7 Å². The van der Waals surface area contributed by atoms with Crippen LogP contribution in [0.5, 0.6) is 0 Å². The Kier molecular flexibility index (Phi) is 6.54. The van der Waals surface area contributed by atoms with Crippen LogP contribution in [0.1, 0.15) is 38.5 Å². The van der Waals surface area contributed by atoms with Crippen molar-refractivity contribution < 1.29 is 8.42 Å². The van der Waals surface area contributed by atoms with E-state index in [4.69, 9.17) is 4.98 Å². The van der Waals surface area contributed by atoms with Gasteiger partial charge in [-0.25, -0.2) is 13.4 Å². The first-order valence-corrected chi connectivity index (χ1v) is 15.1. The predicted molar refractivity (Wildman–Crippen MR) is 147 cm³/mol. The largest absolute Gasteiger partial charge is 0.351 e. The van der Waals surface area contributed by atoms with Crippen LogP contribution >= 0.6 is 22.7 Å². The molecule has 0 unspecified atom stereocenters. The van der Waals surface area contributed by atoms with Crippen molar-refractivity contribution >= 4 is 49.3 Å². The molecule has 4 aromatic rings. The van der Waals surface area contributed by atoms with Crippen LogP contribution in [0.3, 0.4) is 0 Å². The lowest BCUT2D eigenvalue weighted by atomic mass is 9.75. The molecule has 1 aliphatic rings. The van der Waals surface area contributed by atoms with Crippen LogP contribution in [0, 0.1) is 11.3 Å². The standard InChI is InChI=1S/C26H32N4O2S3/c1-26(2,3)19-10-12-30(13-11-19)17-20-16-27-25(34-20)21-15-18-7-5-8-22(24(18)28-21)29(4)35(31,32)23-9-6-14-33-23/h5-9,14-16,19,28H,10-13,17H2,1-4H3. The summed E-state index contributed by atoms with van der Waals surface area (Å²) in [4.78, 5) is 11.9. The Morgan fingerprint density at radius 3 is 2.63 bits per heavy atom. The maximum atomic E-state index is 13.1. The number of benzene rings is 1. The number of hydrogen-bond donors (Lipinski definition) is 1. The second-order valence-electron chi connectivity index (χ2n) is 10.4. The number of likely N-dealkylation sites (tertiary alicyclic amines) is 1. The fourth-order valence-electron chi connectivity index (χ4n) is 4.88. The van der Waals surface area contributed by atoms with Crippen molar-refractivity contribution in [1.29, 1.82) is 0 Å². The van der Waals surface area contributed by atoms with Gasteiger partial charge in [-0.1, -0.05) is 39.0 Å². The minimum atomic E-state index is -3.61. The molecule has 0 saturated carbocycles. The minimum absolute atomic E-state index is 0.333. The molecule has 1 aliphatic heterocycles. The summed E-state index contributed by atoms with van der Waals surface area (Å²) in [5.74, 6) is 0.790. The molecule has 0 spiro atoms. The van der Waals surface area contributed by atoms with Crippen LogP contribution < -0.4 is 4.31 Å². The van der Waals surface area contributed by atoms with E-state index in [1.807, 2.05) is 24.4 Å². The highest BCUT2D eigenvalue weighted by Gasteiger charge is 2.29. The zero-order valence-electron chi connectivity index (χ0n) is 20.6. The summed E-state index contributed by atoms with van der Waals surface area (Å²) in [6.45, 7) is 10.3. The number of nitrogens with zero attached hydrogens (tertiary/aromatic N) is 3. The predicted octanol–water partition coefficient (Wildman–Crippen LogP) is 6.44. The number of H-pyrrole nitrogens is 1. The highest BCUT2D eigenvalue weighted by molar-refractivity contribution is 7.94. The summed E-state index contributed by atoms with van der Waals surface area (Å²) >= 11 is 2.93. The Bertz CT molecular complexity index is 1410. The number of hydrogen-bond acceptors (Lipinski definition) is 6. The second-order valence-corrected chi connectivity index (χ2v) is 14.6. The van der Waals surface area contributed by atoms with E-state index < -0.39 is 10.0 Å². The van der Waals surface area contributed by atoms with E-state index in [0.29, 0.717) is 15.3 Å². The van der Waals surface area contributed by atoms with E-state index in [2.05, 4.69) is 36.7 Å². The Morgan fingerprint density at radius 2 is 1.94 bits per heavy atom. The van der Waals surface area contributed by atoms with E-state index in [-0.39, 0.29) is 0 Å². The van der Waals surface area contributed by atoms with Gasteiger partial charge in [-0.2, -0.15) is 0 Å². The maximum absolute atomic E-state index is 13.1. The monoisotopic (exact) mass is 528 g/mol. The van der Waals surface area contributed by atoms with Crippen molar-refractivity contribution in [1.82, 2.24) is 14.9 Å². The number of para-hydroxylation sites is 1. The second kappa shape index (κ2) is 9.35. The van der Waals surface area contributed by atoms with Gasteiger partial charge in [0.05, 0.1) is 16.9 Å². The molecule has 0 amide bonds. The molecule has 6 nitrogen and oxygen atoms in total. The van der Waals surface area contributed by atoms with E-state index in [0.717, 1.165) is 47.2 Å². The molecule has 0 atom stereocenters. The molecule has 1 aromatic carbocycles. The summed E-state index contributed by atoms with van der Waals surface area (Å²) < 4.78 is 27.9. The number of sulfonamides is 1. The van der Waals surface area contributed by atoms with Crippen molar-refractivity contribution in [2.75, 3.05) is 24.4 Å². The van der Waals surface area contributed by atoms with Crippen LogP contribution in [0.15, 0.2) is 52.2 Å². The lowest BCUT2D eigenvalue weighted by Crippen LogP contribution is -2.37. The van der Waals surface area contributed by atoms with Crippen LogP contribution in [-0.2, 0) is 16.6 Å². The molecule has 4 heterocycles. The highest BCUT2D eigenvalue weighted by atomic mass is 32.2. The topological polar surface area (TPSA) is 69.3 Å². The Hall–Kier alpha value is -2.20. The van der Waals surface area contributed by atoms with Crippen molar-refractivity contribution in [3.8, 4) is 10.7 Å². The average molecular weight is 529 g/mol. The summed E-state index contributed by atoms with van der Waals surface area (Å²) in [5, 5.41) is 3.67. The normalized spacial score (nSPS) is 16.2. The Balaban J connectivity index is 1.35. The first-order chi connectivity index (χ1) is 16.6. The van der Waals surface area contributed by atoms with Gasteiger partial charge in [-0.3, -0.25) is 9.21 Å². The van der Waals surface area contributed by atoms with Crippen LogP contribution in [0.25, 0.3) is 21.6 Å². The molecule has 9 heteroatoms. The lowest BCUT2D eigenvalue weighted by Gasteiger charge is -2.38. The number of aromatic nitrogens is 2. The zero-order chi connectivity index (χ0) is 24.8. The first-order valence-electron chi connectivity index (χ1n) is 11.9. The fourth-order valence-corrected chi connectivity index (χ4v) is 8.17. The summed E-state index contributed by atoms with van der Waals surface area (Å²) in [6, 6.07) is 11.2. The highest BCUT2D eigenvalue weighted by Crippen LogP contribution is 2.37. The lowest BCUT2D eigenvalue weighted by molar-refractivity contribution is 0.108. The molecule has 1 N–H and O–H groups in total. The van der Waals surface area contributed by atoms with E-state index in [1.54, 1.807) is 35.9 Å². The molecular formula is C26H32N4O2S3. The number of thiazole rings is 1. The third-order valence-electron chi connectivity index (χ3n) is 7.06. The molecule has 186 valence electrons. The molecule has 0 aliphatic carbocycles. The van der Waals surface area contributed by atoms with Gasteiger partial charge in [0.2, 0.25) is 0 Å². The SMILES string of the molecule is CN(c1cccc2cc(-c3ncc(CN4CCC(C(C)(C)C)CC4)s3)[nH]c12)S(=O)(=O)c1cccs1. The molecule has 0 bridgehead atoms. The molecular weight excluding hydrogens is 497 g/mol. The maximum Gasteiger partial charge on any atom is 0.273 e. The number of nitrogens with one attached hydrogen (secondary N) is 1. The summed E-state index contributed by atoms with van der Waals surface area (Å²) in [7, 11) is -2.00. The van der Waals surface area contributed by atoms with E-state index in [9.17, 15) is 8.42 Å². The van der Waals surface area contributed by atoms with Gasteiger partial charge in [0.1, 0.15) is 9.22 Å². The zero-order valence-corrected chi connectivity index (χ0v) is 23.1. The Labute approximate surface area is 215 Å². The molecule has 35 heavy (non-hydrogen) atoms. The van der Waals surface area contributed by atoms with Crippen LogP contribution in [-0.4, -0.2) is 43.4 Å². The van der Waals surface area contributed by atoms with Gasteiger partial charge >= 0.3 is 0 Å². The molecule has 1 fully saturated rings. The Morgan fingerprint density at radius 1 is 1.17 bits per heavy atom. The quantitative estimate of drug-likeness (QED) is 0.313. The fraction of sp³-hybridized carbons (Fsp3) is 0.423. The van der Waals surface area contributed by atoms with Gasteiger partial charge < -0.3 is 4.98 Å². The summed E-state index contributed by atoms with van der Waals surface area (Å²) in [5.41, 5.74) is 2.72. The van der Waals surface area contributed by atoms with Gasteiger partial charge in [0.25, 0.3) is 10.0 Å². The number of aromatic amines is 1. The van der Waals surface area contributed by atoms with Gasteiger partial charge in [0, 0.05) is 30.1 Å².